The van der Waals surface area contributed by atoms with Crippen molar-refractivity contribution in [1.82, 2.24) is 9.69 Å². The highest BCUT2D eigenvalue weighted by molar-refractivity contribution is 7.11. The maximum atomic E-state index is 4.54. The Morgan fingerprint density at radius 3 is 3.24 bits per heavy atom. The second-order valence-electron chi connectivity index (χ2n) is 4.55. The quantitative estimate of drug-likeness (QED) is 0.903. The van der Waals surface area contributed by atoms with Gasteiger partial charge in [-0.1, -0.05) is 12.1 Å². The molecule has 1 atom stereocenters. The largest absolute Gasteiger partial charge is 0.357 e. The Hall–Kier alpha value is -1.13. The molecule has 3 rings (SSSR count). The summed E-state index contributed by atoms with van der Waals surface area (Å²) < 4.78 is 4.54. The number of nitrogens with one attached hydrogen (secondary N) is 1. The summed E-state index contributed by atoms with van der Waals surface area (Å²) in [6, 6.07) is 9.06. The lowest BCUT2D eigenvalue weighted by Crippen LogP contribution is -2.36. The van der Waals surface area contributed by atoms with Crippen molar-refractivity contribution in [2.45, 2.75) is 18.9 Å². The average molecular weight is 247 g/mol. The predicted octanol–water partition coefficient (Wildman–Crippen LogP) is 2.48. The van der Waals surface area contributed by atoms with Crippen LogP contribution < -0.4 is 10.2 Å². The number of anilines is 1. The molecule has 1 N–H and O–H groups in total. The van der Waals surface area contributed by atoms with E-state index >= 15 is 0 Å². The van der Waals surface area contributed by atoms with Crippen molar-refractivity contribution in [1.29, 1.82) is 0 Å². The summed E-state index contributed by atoms with van der Waals surface area (Å²) in [7, 11) is 2.03. The Labute approximate surface area is 106 Å². The number of rotatable bonds is 3. The van der Waals surface area contributed by atoms with E-state index in [1.165, 1.54) is 29.8 Å². The molecule has 0 spiro atoms. The number of fused-ring (bicyclic) bond motifs is 1. The first-order valence-corrected chi connectivity index (χ1v) is 6.93. The molecule has 90 valence electrons. The molecule has 1 aromatic heterocycles. The smallest absolute Gasteiger partial charge is 0.120 e. The first kappa shape index (κ1) is 11.0. The lowest BCUT2D eigenvalue weighted by Gasteiger charge is -2.24. The second kappa shape index (κ2) is 4.63. The zero-order valence-electron chi connectivity index (χ0n) is 10.0. The Kier molecular flexibility index (Phi) is 2.99. The molecule has 0 aliphatic carbocycles. The minimum absolute atomic E-state index is 0.629. The van der Waals surface area contributed by atoms with E-state index in [9.17, 15) is 0 Å². The van der Waals surface area contributed by atoms with Gasteiger partial charge in [0.2, 0.25) is 0 Å². The molecule has 1 saturated heterocycles. The van der Waals surface area contributed by atoms with Gasteiger partial charge in [0.05, 0.1) is 5.52 Å². The first-order chi connectivity index (χ1) is 8.40. The SMILES string of the molecule is CNCC1CCCN1c1snc2ccccc12. The summed E-state index contributed by atoms with van der Waals surface area (Å²) in [5.74, 6) is 0. The van der Waals surface area contributed by atoms with Gasteiger partial charge in [-0.15, -0.1) is 0 Å². The Balaban J connectivity index is 1.97. The molecule has 1 aliphatic heterocycles. The summed E-state index contributed by atoms with van der Waals surface area (Å²) in [4.78, 5) is 2.52. The van der Waals surface area contributed by atoms with Gasteiger partial charge in [-0.25, -0.2) is 0 Å². The summed E-state index contributed by atoms with van der Waals surface area (Å²) in [5.41, 5.74) is 1.13. The highest BCUT2D eigenvalue weighted by Gasteiger charge is 2.26. The molecule has 2 heterocycles. The fourth-order valence-electron chi connectivity index (χ4n) is 2.63. The standard InChI is InChI=1S/C13H17N3S/c1-14-9-10-5-4-8-16(10)13-11-6-2-3-7-12(11)15-17-13/h2-3,6-7,10,14H,4-5,8-9H2,1H3. The van der Waals surface area contributed by atoms with Crippen LogP contribution >= 0.6 is 11.5 Å². The molecule has 2 aromatic rings. The third-order valence-electron chi connectivity index (χ3n) is 3.44. The highest BCUT2D eigenvalue weighted by Crippen LogP contribution is 2.35. The van der Waals surface area contributed by atoms with Crippen molar-refractivity contribution < 1.29 is 0 Å². The van der Waals surface area contributed by atoms with Crippen LogP contribution in [0.4, 0.5) is 5.00 Å². The van der Waals surface area contributed by atoms with E-state index in [2.05, 4.69) is 38.9 Å². The molecule has 0 bridgehead atoms. The minimum Gasteiger partial charge on any atom is -0.357 e. The van der Waals surface area contributed by atoms with Crippen LogP contribution in [0, 0.1) is 0 Å². The number of benzene rings is 1. The van der Waals surface area contributed by atoms with E-state index in [-0.39, 0.29) is 0 Å². The fourth-order valence-corrected chi connectivity index (χ4v) is 3.59. The number of nitrogens with zero attached hydrogens (tertiary/aromatic N) is 2. The molecule has 0 radical (unpaired) electrons. The van der Waals surface area contributed by atoms with Gasteiger partial charge in [0.1, 0.15) is 5.00 Å². The van der Waals surface area contributed by atoms with Crippen molar-refractivity contribution in [3.63, 3.8) is 0 Å². The summed E-state index contributed by atoms with van der Waals surface area (Å²) >= 11 is 1.64. The Bertz CT molecular complexity index is 508. The zero-order chi connectivity index (χ0) is 11.7. The third kappa shape index (κ3) is 1.91. The minimum atomic E-state index is 0.629. The van der Waals surface area contributed by atoms with Gasteiger partial charge in [0.25, 0.3) is 0 Å². The van der Waals surface area contributed by atoms with Gasteiger partial charge in [-0.3, -0.25) is 0 Å². The van der Waals surface area contributed by atoms with Gasteiger partial charge < -0.3 is 10.2 Å². The van der Waals surface area contributed by atoms with Crippen LogP contribution in [0.15, 0.2) is 24.3 Å². The molecule has 3 nitrogen and oxygen atoms in total. The van der Waals surface area contributed by atoms with E-state index in [0.29, 0.717) is 6.04 Å². The van der Waals surface area contributed by atoms with Gasteiger partial charge in [0.15, 0.2) is 0 Å². The average Bonchev–Trinajstić information content (AvgIpc) is 2.95. The lowest BCUT2D eigenvalue weighted by atomic mass is 10.2. The predicted molar refractivity (Wildman–Crippen MR) is 73.9 cm³/mol. The van der Waals surface area contributed by atoms with Gasteiger partial charge in [0, 0.05) is 24.5 Å². The van der Waals surface area contributed by atoms with Crippen molar-refractivity contribution in [2.75, 3.05) is 25.0 Å². The maximum absolute atomic E-state index is 4.54. The lowest BCUT2D eigenvalue weighted by molar-refractivity contribution is 0.618. The summed E-state index contributed by atoms with van der Waals surface area (Å²) in [6.07, 6.45) is 2.58. The molecule has 1 fully saturated rings. The van der Waals surface area contributed by atoms with Crippen LogP contribution in [-0.4, -0.2) is 30.6 Å². The van der Waals surface area contributed by atoms with Crippen LogP contribution in [0.3, 0.4) is 0 Å². The zero-order valence-corrected chi connectivity index (χ0v) is 10.8. The van der Waals surface area contributed by atoms with E-state index in [4.69, 9.17) is 0 Å². The molecule has 1 aromatic carbocycles. The third-order valence-corrected chi connectivity index (χ3v) is 4.36. The van der Waals surface area contributed by atoms with Crippen LogP contribution in [0.2, 0.25) is 0 Å². The maximum Gasteiger partial charge on any atom is 0.120 e. The fraction of sp³-hybridized carbons (Fsp3) is 0.462. The monoisotopic (exact) mass is 247 g/mol. The van der Waals surface area contributed by atoms with Crippen molar-refractivity contribution >= 4 is 27.4 Å². The van der Waals surface area contributed by atoms with E-state index < -0.39 is 0 Å². The first-order valence-electron chi connectivity index (χ1n) is 6.16. The summed E-state index contributed by atoms with van der Waals surface area (Å²) in [5, 5.41) is 5.94. The number of hydrogen-bond donors (Lipinski definition) is 1. The van der Waals surface area contributed by atoms with Gasteiger partial charge >= 0.3 is 0 Å². The molecule has 0 amide bonds. The van der Waals surface area contributed by atoms with Crippen LogP contribution in [-0.2, 0) is 0 Å². The van der Waals surface area contributed by atoms with Gasteiger partial charge in [-0.05, 0) is 43.6 Å². The molecule has 1 aliphatic rings. The number of hydrogen-bond acceptors (Lipinski definition) is 4. The number of likely N-dealkylation sites (N-methyl/N-ethyl adjacent to an activating group) is 1. The van der Waals surface area contributed by atoms with Crippen molar-refractivity contribution in [3.05, 3.63) is 24.3 Å². The molecular formula is C13H17N3S. The molecule has 4 heteroatoms. The molecule has 0 saturated carbocycles. The second-order valence-corrected chi connectivity index (χ2v) is 5.30. The van der Waals surface area contributed by atoms with Crippen molar-refractivity contribution in [3.8, 4) is 0 Å². The molecular weight excluding hydrogens is 230 g/mol. The normalized spacial score (nSPS) is 20.3. The van der Waals surface area contributed by atoms with Gasteiger partial charge in [-0.2, -0.15) is 4.37 Å². The Morgan fingerprint density at radius 2 is 2.35 bits per heavy atom. The molecule has 1 unspecified atom stereocenters. The Morgan fingerprint density at radius 1 is 1.47 bits per heavy atom. The van der Waals surface area contributed by atoms with E-state index in [1.54, 1.807) is 11.5 Å². The van der Waals surface area contributed by atoms with E-state index in [1.807, 2.05) is 7.05 Å². The molecule has 17 heavy (non-hydrogen) atoms. The highest BCUT2D eigenvalue weighted by atomic mass is 32.1. The number of aromatic nitrogens is 1. The summed E-state index contributed by atoms with van der Waals surface area (Å²) in [6.45, 7) is 2.23. The van der Waals surface area contributed by atoms with Crippen molar-refractivity contribution in [2.24, 2.45) is 0 Å². The topological polar surface area (TPSA) is 28.2 Å². The van der Waals surface area contributed by atoms with Crippen LogP contribution in [0.25, 0.3) is 10.9 Å². The van der Waals surface area contributed by atoms with Crippen LogP contribution in [0.1, 0.15) is 12.8 Å². The van der Waals surface area contributed by atoms with E-state index in [0.717, 1.165) is 12.1 Å². The van der Waals surface area contributed by atoms with Crippen LogP contribution in [0.5, 0.6) is 0 Å².